The fourth-order valence-corrected chi connectivity index (χ4v) is 7.78. The normalized spacial score (nSPS) is 27.9. The van der Waals surface area contributed by atoms with Crippen LogP contribution in [0.5, 0.6) is 0 Å². The van der Waals surface area contributed by atoms with E-state index in [1.807, 2.05) is 0 Å². The third-order valence-electron chi connectivity index (χ3n) is 9.73. The van der Waals surface area contributed by atoms with E-state index in [1.165, 1.54) is 83.4 Å². The Labute approximate surface area is 224 Å². The van der Waals surface area contributed by atoms with Gasteiger partial charge in [0.2, 0.25) is 0 Å². The van der Waals surface area contributed by atoms with Gasteiger partial charge in [-0.25, -0.2) is 0 Å². The van der Waals surface area contributed by atoms with Crippen molar-refractivity contribution in [3.05, 3.63) is 108 Å². The van der Waals surface area contributed by atoms with Crippen LogP contribution < -0.4 is 0 Å². The first-order valence-electron chi connectivity index (χ1n) is 14.9. The molecule has 0 bridgehead atoms. The maximum Gasteiger partial charge on any atom is 0.00542 e. The number of likely N-dealkylation sites (tertiary alicyclic amines) is 2. The van der Waals surface area contributed by atoms with Gasteiger partial charge in [0, 0.05) is 32.1 Å². The lowest BCUT2D eigenvalue weighted by Gasteiger charge is -2.35. The van der Waals surface area contributed by atoms with E-state index < -0.39 is 0 Å². The summed E-state index contributed by atoms with van der Waals surface area (Å²) in [6.07, 6.45) is 8.16. The lowest BCUT2D eigenvalue weighted by molar-refractivity contribution is 0.170. The predicted molar refractivity (Wildman–Crippen MR) is 155 cm³/mol. The Morgan fingerprint density at radius 3 is 1.68 bits per heavy atom. The summed E-state index contributed by atoms with van der Waals surface area (Å²) in [5.41, 5.74) is 4.66. The number of hydrogen-bond acceptors (Lipinski definition) is 2. The molecule has 2 saturated heterocycles. The molecule has 0 radical (unpaired) electrons. The van der Waals surface area contributed by atoms with Gasteiger partial charge in [-0.2, -0.15) is 0 Å². The van der Waals surface area contributed by atoms with Crippen molar-refractivity contribution in [3.63, 3.8) is 0 Å². The second-order valence-electron chi connectivity index (χ2n) is 12.0. The van der Waals surface area contributed by atoms with Gasteiger partial charge in [0.25, 0.3) is 0 Å². The Balaban J connectivity index is 1.12. The molecule has 3 fully saturated rings. The Bertz CT molecular complexity index is 1070. The number of piperidine rings is 1. The molecular weight excluding hydrogens is 448 g/mol. The van der Waals surface area contributed by atoms with Gasteiger partial charge in [-0.1, -0.05) is 104 Å². The first-order valence-corrected chi connectivity index (χ1v) is 14.9. The topological polar surface area (TPSA) is 6.48 Å². The van der Waals surface area contributed by atoms with Gasteiger partial charge in [-0.3, -0.25) is 0 Å². The van der Waals surface area contributed by atoms with Gasteiger partial charge in [-0.15, -0.1) is 0 Å². The van der Waals surface area contributed by atoms with Gasteiger partial charge in [0.15, 0.2) is 0 Å². The van der Waals surface area contributed by atoms with Crippen LogP contribution in [0.2, 0.25) is 0 Å². The quantitative estimate of drug-likeness (QED) is 0.336. The van der Waals surface area contributed by atoms with Crippen LogP contribution in [0.4, 0.5) is 0 Å². The fraction of sp³-hybridized carbons (Fsp3) is 0.486. The first-order chi connectivity index (χ1) is 18.3. The second kappa shape index (κ2) is 12.0. The maximum absolute atomic E-state index is 2.85. The summed E-state index contributed by atoms with van der Waals surface area (Å²) in [5.74, 6) is 3.67. The van der Waals surface area contributed by atoms with Crippen molar-refractivity contribution in [2.24, 2.45) is 11.8 Å². The van der Waals surface area contributed by atoms with Gasteiger partial charge < -0.3 is 9.80 Å². The first kappa shape index (κ1) is 24.9. The van der Waals surface area contributed by atoms with Crippen LogP contribution in [0.25, 0.3) is 0 Å². The highest BCUT2D eigenvalue weighted by atomic mass is 15.2. The number of nitrogens with zero attached hydrogens (tertiary/aromatic N) is 2. The minimum atomic E-state index is 0.659. The zero-order valence-corrected chi connectivity index (χ0v) is 22.4. The van der Waals surface area contributed by atoms with E-state index >= 15 is 0 Å². The molecule has 2 nitrogen and oxygen atoms in total. The summed E-state index contributed by atoms with van der Waals surface area (Å²) in [5, 5.41) is 0. The zero-order chi connectivity index (χ0) is 24.9. The molecule has 6 rings (SSSR count). The molecule has 1 aliphatic carbocycles. The Kier molecular flexibility index (Phi) is 8.05. The van der Waals surface area contributed by atoms with Gasteiger partial charge in [-0.05, 0) is 79.1 Å². The molecule has 194 valence electrons. The minimum absolute atomic E-state index is 0.659. The van der Waals surface area contributed by atoms with E-state index in [2.05, 4.69) is 101 Å². The molecule has 2 heteroatoms. The van der Waals surface area contributed by atoms with Crippen LogP contribution in [0.3, 0.4) is 0 Å². The predicted octanol–water partition coefficient (Wildman–Crippen LogP) is 7.56. The van der Waals surface area contributed by atoms with Gasteiger partial charge in [0.05, 0.1) is 0 Å². The molecule has 4 atom stereocenters. The molecule has 2 aliphatic heterocycles. The van der Waals surface area contributed by atoms with Gasteiger partial charge in [0.1, 0.15) is 0 Å². The summed E-state index contributed by atoms with van der Waals surface area (Å²) in [7, 11) is 0. The molecule has 0 aromatic heterocycles. The van der Waals surface area contributed by atoms with Crippen molar-refractivity contribution in [3.8, 4) is 0 Å². The van der Waals surface area contributed by atoms with Gasteiger partial charge >= 0.3 is 0 Å². The van der Waals surface area contributed by atoms with Crippen molar-refractivity contribution < 1.29 is 0 Å². The molecule has 0 spiro atoms. The molecule has 0 unspecified atom stereocenters. The standard InChI is InChI=1S/C35H44N2/c1-4-12-28(13-5-1)29-20-22-36(23-21-29)25-33-26-37(27-35(33)31-16-8-3-9-17-31)24-32-18-10-11-19-34(32)30-14-6-2-7-15-30/h1-9,12-17,29,32-35H,10-11,18-27H2/t32-,33+,34+,35-/m1/s1. The zero-order valence-electron chi connectivity index (χ0n) is 22.4. The monoisotopic (exact) mass is 492 g/mol. The summed E-state index contributed by atoms with van der Waals surface area (Å²) in [6.45, 7) is 7.51. The van der Waals surface area contributed by atoms with Crippen LogP contribution in [-0.2, 0) is 0 Å². The molecule has 3 aromatic carbocycles. The molecule has 2 heterocycles. The highest BCUT2D eigenvalue weighted by molar-refractivity contribution is 5.24. The SMILES string of the molecule is c1ccc(C2CCN(C[C@H]3CN(C[C@H]4CCCC[C@H]4c4ccccc4)C[C@@H]3c3ccccc3)CC2)cc1. The largest absolute Gasteiger partial charge is 0.303 e. The summed E-state index contributed by atoms with van der Waals surface area (Å²) in [4.78, 5) is 5.64. The summed E-state index contributed by atoms with van der Waals surface area (Å²) < 4.78 is 0. The summed E-state index contributed by atoms with van der Waals surface area (Å²) in [6, 6.07) is 34.0. The maximum atomic E-state index is 2.85. The number of rotatable bonds is 7. The van der Waals surface area contributed by atoms with Crippen LogP contribution in [0.1, 0.15) is 73.0 Å². The van der Waals surface area contributed by atoms with Crippen LogP contribution in [0, 0.1) is 11.8 Å². The average molecular weight is 493 g/mol. The highest BCUT2D eigenvalue weighted by Gasteiger charge is 2.38. The second-order valence-corrected chi connectivity index (χ2v) is 12.0. The van der Waals surface area contributed by atoms with E-state index in [4.69, 9.17) is 0 Å². The molecule has 0 amide bonds. The highest BCUT2D eigenvalue weighted by Crippen LogP contribution is 2.41. The Morgan fingerprint density at radius 2 is 1.03 bits per heavy atom. The lowest BCUT2D eigenvalue weighted by Crippen LogP contribution is -2.38. The fourth-order valence-electron chi connectivity index (χ4n) is 7.78. The smallest absolute Gasteiger partial charge is 0.00542 e. The molecule has 3 aromatic rings. The van der Waals surface area contributed by atoms with Crippen molar-refractivity contribution >= 4 is 0 Å². The molecule has 37 heavy (non-hydrogen) atoms. The van der Waals surface area contributed by atoms with E-state index in [0.717, 1.165) is 23.7 Å². The Hall–Kier alpha value is -2.42. The molecular formula is C35H44N2. The van der Waals surface area contributed by atoms with E-state index in [0.29, 0.717) is 5.92 Å². The number of hydrogen-bond donors (Lipinski definition) is 0. The van der Waals surface area contributed by atoms with Crippen molar-refractivity contribution in [2.45, 2.75) is 56.3 Å². The molecule has 0 N–H and O–H groups in total. The van der Waals surface area contributed by atoms with Crippen molar-refractivity contribution in [1.29, 1.82) is 0 Å². The van der Waals surface area contributed by atoms with Crippen LogP contribution in [-0.4, -0.2) is 49.1 Å². The summed E-state index contributed by atoms with van der Waals surface area (Å²) >= 11 is 0. The molecule has 1 saturated carbocycles. The van der Waals surface area contributed by atoms with E-state index in [9.17, 15) is 0 Å². The number of benzene rings is 3. The molecule has 3 aliphatic rings. The van der Waals surface area contributed by atoms with Crippen LogP contribution in [0.15, 0.2) is 91.0 Å². The van der Waals surface area contributed by atoms with E-state index in [-0.39, 0.29) is 0 Å². The Morgan fingerprint density at radius 1 is 0.486 bits per heavy atom. The average Bonchev–Trinajstić information content (AvgIpc) is 3.37. The third-order valence-corrected chi connectivity index (χ3v) is 9.73. The third kappa shape index (κ3) is 6.02. The van der Waals surface area contributed by atoms with Crippen molar-refractivity contribution in [2.75, 3.05) is 39.3 Å². The van der Waals surface area contributed by atoms with Crippen molar-refractivity contribution in [1.82, 2.24) is 9.80 Å². The van der Waals surface area contributed by atoms with Crippen LogP contribution >= 0.6 is 0 Å². The lowest BCUT2D eigenvalue weighted by atomic mass is 9.75. The minimum Gasteiger partial charge on any atom is -0.303 e. The van der Waals surface area contributed by atoms with E-state index in [1.54, 1.807) is 11.1 Å².